The van der Waals surface area contributed by atoms with E-state index < -0.39 is 18.1 Å². The zero-order valence-electron chi connectivity index (χ0n) is 12.5. The number of Topliss-reactive ketones (excluding diaryl/α,β-unsaturated/α-hetero) is 1. The van der Waals surface area contributed by atoms with Crippen LogP contribution in [0.5, 0.6) is 0 Å². The maximum absolute atomic E-state index is 12.1. The smallest absolute Gasteiger partial charge is 0.410 e. The van der Waals surface area contributed by atoms with Crippen molar-refractivity contribution >= 4 is 17.8 Å². The van der Waals surface area contributed by atoms with Gasteiger partial charge < -0.3 is 9.47 Å². The number of carbonyl (C=O) groups is 3. The van der Waals surface area contributed by atoms with E-state index >= 15 is 0 Å². The van der Waals surface area contributed by atoms with Gasteiger partial charge in [-0.2, -0.15) is 0 Å². The van der Waals surface area contributed by atoms with Gasteiger partial charge in [-0.25, -0.2) is 9.59 Å². The Bertz CT molecular complexity index is 543. The van der Waals surface area contributed by atoms with Crippen molar-refractivity contribution in [1.29, 1.82) is 0 Å². The average Bonchev–Trinajstić information content (AvgIpc) is 3.01. The highest BCUT2D eigenvalue weighted by molar-refractivity contribution is 5.85. The highest BCUT2D eigenvalue weighted by Gasteiger charge is 2.36. The Morgan fingerprint density at radius 2 is 1.91 bits per heavy atom. The van der Waals surface area contributed by atoms with Gasteiger partial charge in [0, 0.05) is 6.54 Å². The fourth-order valence-electron chi connectivity index (χ4n) is 2.30. The van der Waals surface area contributed by atoms with Gasteiger partial charge in [0.1, 0.15) is 19.3 Å². The third-order valence-electron chi connectivity index (χ3n) is 3.38. The van der Waals surface area contributed by atoms with E-state index in [2.05, 4.69) is 0 Å². The maximum Gasteiger partial charge on any atom is 0.410 e. The van der Waals surface area contributed by atoms with Crippen molar-refractivity contribution in [2.45, 2.75) is 32.4 Å². The van der Waals surface area contributed by atoms with Crippen molar-refractivity contribution in [2.75, 3.05) is 13.2 Å². The number of carbonyl (C=O) groups excluding carboxylic acids is 3. The summed E-state index contributed by atoms with van der Waals surface area (Å²) in [4.78, 5) is 36.2. The second-order valence-corrected chi connectivity index (χ2v) is 5.20. The first-order valence-electron chi connectivity index (χ1n) is 7.21. The van der Waals surface area contributed by atoms with Crippen LogP contribution in [0.3, 0.4) is 0 Å². The molecule has 0 bridgehead atoms. The number of rotatable bonds is 5. The van der Waals surface area contributed by atoms with Gasteiger partial charge in [-0.05, 0) is 25.3 Å². The molecule has 1 aliphatic rings. The van der Waals surface area contributed by atoms with Gasteiger partial charge >= 0.3 is 12.1 Å². The Hall–Kier alpha value is -2.37. The molecule has 1 aliphatic heterocycles. The standard InChI is InChI=1S/C16H19NO5/c1-12(18)10-21-15(19)14-8-5-9-17(14)16(20)22-11-13-6-3-2-4-7-13/h2-4,6-7,14H,5,8-11H2,1H3/t14-/m0/s1. The van der Waals surface area contributed by atoms with Crippen LogP contribution in [0.15, 0.2) is 30.3 Å². The predicted octanol–water partition coefficient (Wildman–Crippen LogP) is 1.92. The molecule has 0 aromatic heterocycles. The molecule has 1 saturated heterocycles. The summed E-state index contributed by atoms with van der Waals surface area (Å²) in [5.41, 5.74) is 0.880. The van der Waals surface area contributed by atoms with Crippen molar-refractivity contribution in [3.63, 3.8) is 0 Å². The number of ether oxygens (including phenoxy) is 2. The number of benzene rings is 1. The second-order valence-electron chi connectivity index (χ2n) is 5.20. The van der Waals surface area contributed by atoms with E-state index in [9.17, 15) is 14.4 Å². The van der Waals surface area contributed by atoms with Crippen LogP contribution in [-0.4, -0.2) is 41.9 Å². The lowest BCUT2D eigenvalue weighted by atomic mass is 10.2. The molecule has 6 nitrogen and oxygen atoms in total. The van der Waals surface area contributed by atoms with Crippen molar-refractivity contribution in [3.8, 4) is 0 Å². The molecular formula is C16H19NO5. The highest BCUT2D eigenvalue weighted by atomic mass is 16.6. The van der Waals surface area contributed by atoms with E-state index in [1.165, 1.54) is 11.8 Å². The summed E-state index contributed by atoms with van der Waals surface area (Å²) in [6.45, 7) is 1.69. The van der Waals surface area contributed by atoms with Crippen LogP contribution in [0.1, 0.15) is 25.3 Å². The maximum atomic E-state index is 12.1. The topological polar surface area (TPSA) is 72.9 Å². The first-order valence-corrected chi connectivity index (χ1v) is 7.21. The van der Waals surface area contributed by atoms with Crippen LogP contribution in [0, 0.1) is 0 Å². The van der Waals surface area contributed by atoms with Crippen molar-refractivity contribution in [1.82, 2.24) is 4.90 Å². The molecule has 0 saturated carbocycles. The minimum atomic E-state index is -0.664. The first kappa shape index (κ1) is 16.0. The monoisotopic (exact) mass is 305 g/mol. The summed E-state index contributed by atoms with van der Waals surface area (Å²) in [5.74, 6) is -0.783. The molecule has 2 rings (SSSR count). The summed E-state index contributed by atoms with van der Waals surface area (Å²) < 4.78 is 10.1. The van der Waals surface area contributed by atoms with Crippen LogP contribution in [0.2, 0.25) is 0 Å². The average molecular weight is 305 g/mol. The number of esters is 1. The summed E-state index contributed by atoms with van der Waals surface area (Å²) in [7, 11) is 0. The largest absolute Gasteiger partial charge is 0.456 e. The fraction of sp³-hybridized carbons (Fsp3) is 0.438. The lowest BCUT2D eigenvalue weighted by molar-refractivity contribution is -0.151. The minimum absolute atomic E-state index is 0.158. The molecule has 0 N–H and O–H groups in total. The molecule has 0 spiro atoms. The molecule has 1 fully saturated rings. The zero-order valence-corrected chi connectivity index (χ0v) is 12.5. The molecule has 1 aromatic rings. The van der Waals surface area contributed by atoms with E-state index in [4.69, 9.17) is 9.47 Å². The van der Waals surface area contributed by atoms with Gasteiger partial charge in [-0.15, -0.1) is 0 Å². The highest BCUT2D eigenvalue weighted by Crippen LogP contribution is 2.20. The van der Waals surface area contributed by atoms with E-state index in [1.807, 2.05) is 30.3 Å². The number of nitrogens with zero attached hydrogens (tertiary/aromatic N) is 1. The Balaban J connectivity index is 1.87. The molecule has 1 atom stereocenters. The Kier molecular flexibility index (Phi) is 5.52. The third kappa shape index (κ3) is 4.31. The third-order valence-corrected chi connectivity index (χ3v) is 3.38. The second kappa shape index (κ2) is 7.59. The molecular weight excluding hydrogens is 286 g/mol. The lowest BCUT2D eigenvalue weighted by Gasteiger charge is -2.22. The van der Waals surface area contributed by atoms with Gasteiger partial charge in [-0.3, -0.25) is 9.69 Å². The van der Waals surface area contributed by atoms with E-state index in [0.29, 0.717) is 19.4 Å². The molecule has 0 unspecified atom stereocenters. The zero-order chi connectivity index (χ0) is 15.9. The molecule has 0 radical (unpaired) electrons. The van der Waals surface area contributed by atoms with Crippen molar-refractivity contribution in [2.24, 2.45) is 0 Å². The lowest BCUT2D eigenvalue weighted by Crippen LogP contribution is -2.42. The Morgan fingerprint density at radius 3 is 2.59 bits per heavy atom. The molecule has 1 aromatic carbocycles. The Labute approximate surface area is 129 Å². The quantitative estimate of drug-likeness (QED) is 0.777. The fourth-order valence-corrected chi connectivity index (χ4v) is 2.30. The summed E-state index contributed by atoms with van der Waals surface area (Å²) >= 11 is 0. The van der Waals surface area contributed by atoms with E-state index in [1.54, 1.807) is 0 Å². The number of hydrogen-bond donors (Lipinski definition) is 0. The van der Waals surface area contributed by atoms with Crippen LogP contribution in [0.25, 0.3) is 0 Å². The van der Waals surface area contributed by atoms with Crippen LogP contribution in [0.4, 0.5) is 4.79 Å². The summed E-state index contributed by atoms with van der Waals surface area (Å²) in [5, 5.41) is 0. The molecule has 6 heteroatoms. The molecule has 0 aliphatic carbocycles. The van der Waals surface area contributed by atoms with Crippen LogP contribution < -0.4 is 0 Å². The minimum Gasteiger partial charge on any atom is -0.456 e. The number of ketones is 1. The normalized spacial score (nSPS) is 17.1. The molecule has 22 heavy (non-hydrogen) atoms. The SMILES string of the molecule is CC(=O)COC(=O)[C@@H]1CCCN1C(=O)OCc1ccccc1. The van der Waals surface area contributed by atoms with Gasteiger partial charge in [-0.1, -0.05) is 30.3 Å². The summed E-state index contributed by atoms with van der Waals surface area (Å²) in [6, 6.07) is 8.66. The van der Waals surface area contributed by atoms with Gasteiger partial charge in [0.15, 0.2) is 5.78 Å². The number of amides is 1. The molecule has 118 valence electrons. The van der Waals surface area contributed by atoms with Crippen LogP contribution >= 0.6 is 0 Å². The van der Waals surface area contributed by atoms with E-state index in [0.717, 1.165) is 5.56 Å². The summed E-state index contributed by atoms with van der Waals surface area (Å²) in [6.07, 6.45) is 0.698. The van der Waals surface area contributed by atoms with Crippen molar-refractivity contribution < 1.29 is 23.9 Å². The van der Waals surface area contributed by atoms with Gasteiger partial charge in [0.2, 0.25) is 0 Å². The molecule has 1 amide bonds. The first-order chi connectivity index (χ1) is 10.6. The van der Waals surface area contributed by atoms with Gasteiger partial charge in [0.25, 0.3) is 0 Å². The van der Waals surface area contributed by atoms with E-state index in [-0.39, 0.29) is 19.0 Å². The number of likely N-dealkylation sites (tertiary alicyclic amines) is 1. The predicted molar refractivity (Wildman–Crippen MR) is 78.0 cm³/mol. The molecule has 1 heterocycles. The Morgan fingerprint density at radius 1 is 1.18 bits per heavy atom. The number of hydrogen-bond acceptors (Lipinski definition) is 5. The van der Waals surface area contributed by atoms with Crippen molar-refractivity contribution in [3.05, 3.63) is 35.9 Å². The van der Waals surface area contributed by atoms with Crippen LogP contribution in [-0.2, 0) is 25.7 Å². The van der Waals surface area contributed by atoms with Gasteiger partial charge in [0.05, 0.1) is 0 Å².